The molecule has 166 valence electrons. The maximum Gasteiger partial charge on any atom is 0.270 e. The Morgan fingerprint density at radius 1 is 1.03 bits per heavy atom. The van der Waals surface area contributed by atoms with Crippen LogP contribution in [0.3, 0.4) is 0 Å². The lowest BCUT2D eigenvalue weighted by Crippen LogP contribution is -2.31. The first-order valence-electron chi connectivity index (χ1n) is 9.94. The van der Waals surface area contributed by atoms with Gasteiger partial charge in [0.25, 0.3) is 23.1 Å². The minimum atomic E-state index is -0.632. The number of benzene rings is 2. The molecule has 0 aliphatic carbocycles. The summed E-state index contributed by atoms with van der Waals surface area (Å²) in [7, 11) is 0. The maximum atomic E-state index is 12.5. The van der Waals surface area contributed by atoms with Gasteiger partial charge in [-0.2, -0.15) is 5.10 Å². The van der Waals surface area contributed by atoms with Gasteiger partial charge in [-0.25, -0.2) is 5.10 Å². The van der Waals surface area contributed by atoms with Gasteiger partial charge in [-0.1, -0.05) is 12.1 Å². The smallest absolute Gasteiger partial charge is 0.270 e. The molecule has 0 saturated heterocycles. The quantitative estimate of drug-likeness (QED) is 0.320. The number of aromatic nitrogens is 2. The molecule has 1 aromatic heterocycles. The number of hydrogen-bond donors (Lipinski definition) is 2. The zero-order valence-corrected chi connectivity index (χ0v) is 17.1. The minimum absolute atomic E-state index is 0.00803. The van der Waals surface area contributed by atoms with Crippen LogP contribution in [-0.2, 0) is 4.79 Å². The molecular formula is C22H17N5O6. The van der Waals surface area contributed by atoms with E-state index in [1.807, 2.05) is 0 Å². The van der Waals surface area contributed by atoms with Gasteiger partial charge in [0, 0.05) is 42.4 Å². The molecule has 2 N–H and O–H groups in total. The number of hydrogen-bond acceptors (Lipinski definition) is 7. The zero-order chi connectivity index (χ0) is 23.5. The Hall–Kier alpha value is -4.67. The summed E-state index contributed by atoms with van der Waals surface area (Å²) >= 11 is 0. The van der Waals surface area contributed by atoms with Gasteiger partial charge >= 0.3 is 0 Å². The van der Waals surface area contributed by atoms with E-state index in [1.54, 1.807) is 30.3 Å². The lowest BCUT2D eigenvalue weighted by atomic mass is 10.1. The molecule has 0 unspecified atom stereocenters. The normalized spacial score (nSPS) is 12.5. The Labute approximate surface area is 186 Å². The molecule has 0 radical (unpaired) electrons. The second-order valence-electron chi connectivity index (χ2n) is 7.29. The van der Waals surface area contributed by atoms with Gasteiger partial charge in [0.2, 0.25) is 5.91 Å². The van der Waals surface area contributed by atoms with Crippen LogP contribution in [0.15, 0.2) is 59.4 Å². The lowest BCUT2D eigenvalue weighted by Gasteiger charge is -2.13. The monoisotopic (exact) mass is 447 g/mol. The fraction of sp³-hybridized carbons (Fsp3) is 0.136. The topological polar surface area (TPSA) is 155 Å². The van der Waals surface area contributed by atoms with Crippen LogP contribution in [0.4, 0.5) is 11.4 Å². The predicted molar refractivity (Wildman–Crippen MR) is 117 cm³/mol. The Morgan fingerprint density at radius 3 is 2.55 bits per heavy atom. The van der Waals surface area contributed by atoms with Crippen molar-refractivity contribution < 1.29 is 19.3 Å². The molecular weight excluding hydrogens is 430 g/mol. The molecule has 0 saturated carbocycles. The first-order chi connectivity index (χ1) is 15.8. The van der Waals surface area contributed by atoms with Gasteiger partial charge in [0.1, 0.15) is 0 Å². The fourth-order valence-electron chi connectivity index (χ4n) is 3.48. The highest BCUT2D eigenvalue weighted by Gasteiger charge is 2.36. The Morgan fingerprint density at radius 2 is 1.82 bits per heavy atom. The summed E-state index contributed by atoms with van der Waals surface area (Å²) < 4.78 is 0. The number of aromatic amines is 1. The van der Waals surface area contributed by atoms with E-state index in [0.717, 1.165) is 11.0 Å². The van der Waals surface area contributed by atoms with E-state index in [9.17, 15) is 29.3 Å². The fourth-order valence-corrected chi connectivity index (χ4v) is 3.48. The van der Waals surface area contributed by atoms with Crippen molar-refractivity contribution in [1.82, 2.24) is 15.1 Å². The van der Waals surface area contributed by atoms with E-state index in [0.29, 0.717) is 16.9 Å². The molecule has 1 aliphatic rings. The molecule has 11 nitrogen and oxygen atoms in total. The first-order valence-corrected chi connectivity index (χ1v) is 9.94. The van der Waals surface area contributed by atoms with Crippen molar-refractivity contribution in [2.45, 2.75) is 12.8 Å². The predicted octanol–water partition coefficient (Wildman–Crippen LogP) is 2.36. The number of nitro benzene ring substituents is 1. The van der Waals surface area contributed by atoms with Gasteiger partial charge in [-0.3, -0.25) is 34.2 Å². The summed E-state index contributed by atoms with van der Waals surface area (Å²) in [5, 5.41) is 20.0. The molecule has 33 heavy (non-hydrogen) atoms. The number of imide groups is 1. The first kappa shape index (κ1) is 21.6. The number of nitro groups is 1. The number of fused-ring (bicyclic) bond motifs is 1. The molecule has 4 rings (SSSR count). The van der Waals surface area contributed by atoms with Crippen LogP contribution in [0.25, 0.3) is 11.3 Å². The molecule has 0 spiro atoms. The summed E-state index contributed by atoms with van der Waals surface area (Å²) in [6.45, 7) is 0.00883. The van der Waals surface area contributed by atoms with E-state index in [1.165, 1.54) is 18.2 Å². The number of rotatable bonds is 7. The van der Waals surface area contributed by atoms with Crippen LogP contribution < -0.4 is 10.9 Å². The molecule has 3 aromatic rings. The van der Waals surface area contributed by atoms with Gasteiger partial charge < -0.3 is 5.32 Å². The number of carbonyl (C=O) groups is 3. The van der Waals surface area contributed by atoms with Gasteiger partial charge in [0.05, 0.1) is 21.7 Å². The molecule has 0 bridgehead atoms. The highest BCUT2D eigenvalue weighted by molar-refractivity contribution is 6.21. The zero-order valence-electron chi connectivity index (χ0n) is 17.1. The third kappa shape index (κ3) is 4.51. The molecule has 0 fully saturated rings. The number of nitrogens with one attached hydrogen (secondary N) is 2. The van der Waals surface area contributed by atoms with Crippen molar-refractivity contribution in [3.8, 4) is 11.3 Å². The molecule has 11 heteroatoms. The molecule has 2 heterocycles. The largest absolute Gasteiger partial charge is 0.326 e. The van der Waals surface area contributed by atoms with Crippen molar-refractivity contribution >= 4 is 29.1 Å². The van der Waals surface area contributed by atoms with E-state index in [4.69, 9.17) is 0 Å². The summed E-state index contributed by atoms with van der Waals surface area (Å²) in [5.74, 6) is -1.46. The van der Waals surface area contributed by atoms with Gasteiger partial charge in [-0.15, -0.1) is 0 Å². The van der Waals surface area contributed by atoms with Crippen molar-refractivity contribution in [1.29, 1.82) is 0 Å². The third-order valence-electron chi connectivity index (χ3n) is 5.07. The van der Waals surface area contributed by atoms with Crippen molar-refractivity contribution in [3.63, 3.8) is 0 Å². The van der Waals surface area contributed by atoms with Crippen LogP contribution in [0.2, 0.25) is 0 Å². The van der Waals surface area contributed by atoms with Crippen molar-refractivity contribution in [3.05, 3.63) is 86.2 Å². The summed E-state index contributed by atoms with van der Waals surface area (Å²) in [5.41, 5.74) is 1.28. The van der Waals surface area contributed by atoms with Crippen LogP contribution in [0, 0.1) is 10.1 Å². The SMILES string of the molecule is O=C(CCCN1C(=O)c2ccc([N+](=O)[O-])cc2C1=O)Nc1cccc(-c2ccc(=O)[nH]n2)c1. The number of amides is 3. The van der Waals surface area contributed by atoms with E-state index >= 15 is 0 Å². The molecule has 3 amide bonds. The molecule has 0 atom stereocenters. The molecule has 1 aliphatic heterocycles. The number of non-ortho nitro benzene ring substituents is 1. The van der Waals surface area contributed by atoms with Crippen LogP contribution >= 0.6 is 0 Å². The Balaban J connectivity index is 1.34. The van der Waals surface area contributed by atoms with Gasteiger partial charge in [-0.05, 0) is 30.7 Å². The summed E-state index contributed by atoms with van der Waals surface area (Å²) in [6.07, 6.45) is 0.273. The van der Waals surface area contributed by atoms with Crippen molar-refractivity contribution in [2.24, 2.45) is 0 Å². The summed E-state index contributed by atoms with van der Waals surface area (Å²) in [6, 6.07) is 13.4. The highest BCUT2D eigenvalue weighted by atomic mass is 16.6. The van der Waals surface area contributed by atoms with Gasteiger partial charge in [0.15, 0.2) is 0 Å². The average Bonchev–Trinajstić information content (AvgIpc) is 3.04. The Bertz CT molecular complexity index is 1330. The second-order valence-corrected chi connectivity index (χ2v) is 7.29. The number of H-pyrrole nitrogens is 1. The van der Waals surface area contributed by atoms with E-state index < -0.39 is 16.7 Å². The number of anilines is 1. The number of nitrogens with zero attached hydrogens (tertiary/aromatic N) is 3. The van der Waals surface area contributed by atoms with Crippen molar-refractivity contribution in [2.75, 3.05) is 11.9 Å². The maximum absolute atomic E-state index is 12.5. The van der Waals surface area contributed by atoms with Crippen LogP contribution in [-0.4, -0.2) is 44.3 Å². The van der Waals surface area contributed by atoms with E-state index in [2.05, 4.69) is 15.5 Å². The lowest BCUT2D eigenvalue weighted by molar-refractivity contribution is -0.384. The summed E-state index contributed by atoms with van der Waals surface area (Å²) in [4.78, 5) is 59.7. The minimum Gasteiger partial charge on any atom is -0.326 e. The number of carbonyl (C=O) groups excluding carboxylic acids is 3. The Kier molecular flexibility index (Phi) is 5.77. The highest BCUT2D eigenvalue weighted by Crippen LogP contribution is 2.27. The standard InChI is InChI=1S/C22H17N5O6/c28-19(23-14-4-1-3-13(11-14)18-8-9-20(29)25-24-18)5-2-10-26-21(30)16-7-6-15(27(32)33)12-17(16)22(26)31/h1,3-4,6-9,11-12H,2,5,10H2,(H,23,28)(H,25,29). The second kappa shape index (κ2) is 8.83. The van der Waals surface area contributed by atoms with Crippen LogP contribution in [0.1, 0.15) is 33.6 Å². The third-order valence-corrected chi connectivity index (χ3v) is 5.07. The van der Waals surface area contributed by atoms with Crippen LogP contribution in [0.5, 0.6) is 0 Å². The van der Waals surface area contributed by atoms with E-state index in [-0.39, 0.29) is 47.7 Å². The molecule has 2 aromatic carbocycles. The average molecular weight is 447 g/mol.